The highest BCUT2D eigenvalue weighted by atomic mass is 16.5. The summed E-state index contributed by atoms with van der Waals surface area (Å²) in [6, 6.07) is 17.5. The monoisotopic (exact) mass is 436 g/mol. The second kappa shape index (κ2) is 12.3. The average molecular weight is 437 g/mol. The number of rotatable bonds is 10. The zero-order valence-corrected chi connectivity index (χ0v) is 19.4. The molecule has 1 aliphatic carbocycles. The van der Waals surface area contributed by atoms with Crippen LogP contribution in [0.2, 0.25) is 0 Å². The second-order valence-electron chi connectivity index (χ2n) is 8.64. The van der Waals surface area contributed by atoms with Gasteiger partial charge in [0, 0.05) is 12.6 Å². The van der Waals surface area contributed by atoms with Gasteiger partial charge in [-0.05, 0) is 49.8 Å². The summed E-state index contributed by atoms with van der Waals surface area (Å²) in [6.45, 7) is 4.33. The molecule has 0 radical (unpaired) electrons. The topological polar surface area (TPSA) is 58.6 Å². The number of carbonyl (C=O) groups is 2. The molecule has 0 aliphatic heterocycles. The number of para-hydroxylation sites is 1. The first-order valence-electron chi connectivity index (χ1n) is 11.9. The lowest BCUT2D eigenvalue weighted by atomic mass is 9.95. The fraction of sp³-hybridized carbons (Fsp3) is 0.481. The molecule has 2 aromatic carbocycles. The number of nitrogens with zero attached hydrogens (tertiary/aromatic N) is 1. The zero-order chi connectivity index (χ0) is 22.8. The Hall–Kier alpha value is -2.82. The number of benzene rings is 2. The maximum absolute atomic E-state index is 13.3. The van der Waals surface area contributed by atoms with Crippen LogP contribution in [-0.4, -0.2) is 41.9 Å². The van der Waals surface area contributed by atoms with Crippen LogP contribution in [0.25, 0.3) is 0 Å². The quantitative estimate of drug-likeness (QED) is 0.589. The van der Waals surface area contributed by atoms with E-state index in [9.17, 15) is 9.59 Å². The van der Waals surface area contributed by atoms with Crippen molar-refractivity contribution in [2.45, 2.75) is 70.9 Å². The zero-order valence-electron chi connectivity index (χ0n) is 19.4. The van der Waals surface area contributed by atoms with E-state index >= 15 is 0 Å². The molecule has 0 heterocycles. The number of nitrogens with one attached hydrogen (secondary N) is 1. The molecule has 172 valence electrons. The van der Waals surface area contributed by atoms with Crippen molar-refractivity contribution in [1.82, 2.24) is 10.2 Å². The van der Waals surface area contributed by atoms with Gasteiger partial charge in [-0.3, -0.25) is 9.59 Å². The van der Waals surface area contributed by atoms with E-state index in [4.69, 9.17) is 4.74 Å². The van der Waals surface area contributed by atoms with E-state index in [1.54, 1.807) is 4.90 Å². The second-order valence-corrected chi connectivity index (χ2v) is 8.64. The highest BCUT2D eigenvalue weighted by Crippen LogP contribution is 2.19. The lowest BCUT2D eigenvalue weighted by Crippen LogP contribution is -2.53. The Bertz CT molecular complexity index is 862. The van der Waals surface area contributed by atoms with Crippen molar-refractivity contribution in [1.29, 1.82) is 0 Å². The van der Waals surface area contributed by atoms with Gasteiger partial charge in [-0.1, -0.05) is 74.7 Å². The molecule has 0 aromatic heterocycles. The van der Waals surface area contributed by atoms with Gasteiger partial charge in [-0.15, -0.1) is 0 Å². The number of hydrogen-bond donors (Lipinski definition) is 1. The van der Waals surface area contributed by atoms with Crippen molar-refractivity contribution >= 4 is 11.8 Å². The number of aryl methyl sites for hydroxylation is 1. The molecule has 0 bridgehead atoms. The van der Waals surface area contributed by atoms with E-state index in [0.29, 0.717) is 25.1 Å². The maximum Gasteiger partial charge on any atom is 0.261 e. The van der Waals surface area contributed by atoms with Crippen LogP contribution in [0.3, 0.4) is 0 Å². The third-order valence-electron chi connectivity index (χ3n) is 6.27. The number of ether oxygens (including phenoxy) is 1. The van der Waals surface area contributed by atoms with Crippen LogP contribution < -0.4 is 10.1 Å². The normalized spacial score (nSPS) is 15.1. The number of amides is 2. The molecule has 32 heavy (non-hydrogen) atoms. The standard InChI is InChI=1S/C27H36N2O3/c1-3-24(27(31)28-23-15-8-5-9-16-23)29(19-18-22-13-6-4-7-14-22)26(30)20-32-25-17-11-10-12-21(25)2/h4,6-7,10-14,17,23-24H,3,5,8-9,15-16,18-20H2,1-2H3,(H,28,31)/t24-/m0/s1. The van der Waals surface area contributed by atoms with Crippen molar-refractivity contribution in [3.8, 4) is 5.75 Å². The van der Waals surface area contributed by atoms with Gasteiger partial charge in [-0.2, -0.15) is 0 Å². The van der Waals surface area contributed by atoms with Crippen molar-refractivity contribution in [3.63, 3.8) is 0 Å². The third kappa shape index (κ3) is 6.84. The molecule has 3 rings (SSSR count). The SMILES string of the molecule is CC[C@@H](C(=O)NC1CCCCC1)N(CCc1ccccc1)C(=O)COc1ccccc1C. The Labute approximate surface area is 192 Å². The average Bonchev–Trinajstić information content (AvgIpc) is 2.82. The van der Waals surface area contributed by atoms with Gasteiger partial charge >= 0.3 is 0 Å². The van der Waals surface area contributed by atoms with Gasteiger partial charge in [0.1, 0.15) is 11.8 Å². The lowest BCUT2D eigenvalue weighted by Gasteiger charge is -2.32. The van der Waals surface area contributed by atoms with Crippen molar-refractivity contribution in [2.75, 3.05) is 13.2 Å². The van der Waals surface area contributed by atoms with E-state index in [0.717, 1.165) is 36.8 Å². The number of hydrogen-bond acceptors (Lipinski definition) is 3. The van der Waals surface area contributed by atoms with Crippen molar-refractivity contribution in [3.05, 3.63) is 65.7 Å². The van der Waals surface area contributed by atoms with E-state index in [2.05, 4.69) is 17.4 Å². The molecule has 5 nitrogen and oxygen atoms in total. The predicted octanol–water partition coefficient (Wildman–Crippen LogP) is 4.67. The molecule has 1 fully saturated rings. The summed E-state index contributed by atoms with van der Waals surface area (Å²) in [6.07, 6.45) is 6.87. The molecule has 1 atom stereocenters. The minimum absolute atomic E-state index is 0.0447. The molecule has 0 saturated heterocycles. The van der Waals surface area contributed by atoms with E-state index in [-0.39, 0.29) is 24.5 Å². The predicted molar refractivity (Wildman–Crippen MR) is 128 cm³/mol. The molecule has 1 N–H and O–H groups in total. The van der Waals surface area contributed by atoms with Gasteiger partial charge in [-0.25, -0.2) is 0 Å². The first kappa shape index (κ1) is 23.8. The summed E-state index contributed by atoms with van der Waals surface area (Å²) < 4.78 is 5.83. The van der Waals surface area contributed by atoms with E-state index in [1.807, 2.05) is 56.3 Å². The minimum Gasteiger partial charge on any atom is -0.484 e. The Morgan fingerprint density at radius 3 is 2.41 bits per heavy atom. The van der Waals surface area contributed by atoms with Crippen LogP contribution in [0.5, 0.6) is 5.75 Å². The maximum atomic E-state index is 13.3. The molecule has 1 aliphatic rings. The highest BCUT2D eigenvalue weighted by molar-refractivity contribution is 5.88. The lowest BCUT2D eigenvalue weighted by molar-refractivity contribution is -0.142. The summed E-state index contributed by atoms with van der Waals surface area (Å²) >= 11 is 0. The molecule has 2 aromatic rings. The third-order valence-corrected chi connectivity index (χ3v) is 6.27. The summed E-state index contributed by atoms with van der Waals surface area (Å²) in [5.41, 5.74) is 2.13. The fourth-order valence-corrected chi connectivity index (χ4v) is 4.38. The van der Waals surface area contributed by atoms with Crippen LogP contribution >= 0.6 is 0 Å². The van der Waals surface area contributed by atoms with Gasteiger partial charge < -0.3 is 15.0 Å². The smallest absolute Gasteiger partial charge is 0.261 e. The molecule has 0 spiro atoms. The largest absolute Gasteiger partial charge is 0.484 e. The summed E-state index contributed by atoms with van der Waals surface area (Å²) in [5.74, 6) is 0.495. The highest BCUT2D eigenvalue weighted by Gasteiger charge is 2.30. The van der Waals surface area contributed by atoms with Crippen LogP contribution in [0.15, 0.2) is 54.6 Å². The molecule has 0 unspecified atom stereocenters. The molecule has 5 heteroatoms. The van der Waals surface area contributed by atoms with E-state index in [1.165, 1.54) is 6.42 Å². The number of carbonyl (C=O) groups excluding carboxylic acids is 2. The molecule has 2 amide bonds. The van der Waals surface area contributed by atoms with Gasteiger partial charge in [0.25, 0.3) is 5.91 Å². The first-order valence-corrected chi connectivity index (χ1v) is 11.9. The molecular weight excluding hydrogens is 400 g/mol. The summed E-state index contributed by atoms with van der Waals surface area (Å²) in [4.78, 5) is 28.2. The Morgan fingerprint density at radius 2 is 1.72 bits per heavy atom. The van der Waals surface area contributed by atoms with E-state index < -0.39 is 6.04 Å². The minimum atomic E-state index is -0.492. The van der Waals surface area contributed by atoms with Crippen molar-refractivity contribution < 1.29 is 14.3 Å². The fourth-order valence-electron chi connectivity index (χ4n) is 4.38. The van der Waals surface area contributed by atoms with Gasteiger partial charge in [0.15, 0.2) is 6.61 Å². The molecular formula is C27H36N2O3. The van der Waals surface area contributed by atoms with Gasteiger partial charge in [0.2, 0.25) is 5.91 Å². The summed E-state index contributed by atoms with van der Waals surface area (Å²) in [7, 11) is 0. The van der Waals surface area contributed by atoms with Crippen LogP contribution in [0.4, 0.5) is 0 Å². The van der Waals surface area contributed by atoms with Crippen LogP contribution in [0, 0.1) is 6.92 Å². The molecule has 1 saturated carbocycles. The van der Waals surface area contributed by atoms with Gasteiger partial charge in [0.05, 0.1) is 0 Å². The Kier molecular flexibility index (Phi) is 9.14. The Morgan fingerprint density at radius 1 is 1.03 bits per heavy atom. The van der Waals surface area contributed by atoms with Crippen molar-refractivity contribution in [2.24, 2.45) is 0 Å². The summed E-state index contributed by atoms with van der Waals surface area (Å²) in [5, 5.41) is 3.21. The first-order chi connectivity index (χ1) is 15.6. The van der Waals surface area contributed by atoms with Crippen LogP contribution in [0.1, 0.15) is 56.6 Å². The van der Waals surface area contributed by atoms with Crippen LogP contribution in [-0.2, 0) is 16.0 Å². The Balaban J connectivity index is 1.70.